The van der Waals surface area contributed by atoms with Gasteiger partial charge >= 0.3 is 0 Å². The molecule has 7 rings (SSSR count). The number of nitrogens with zero attached hydrogens (tertiary/aromatic N) is 3. The van der Waals surface area contributed by atoms with Crippen LogP contribution in [0.3, 0.4) is 0 Å². The zero-order chi connectivity index (χ0) is 48.7. The lowest BCUT2D eigenvalue weighted by Gasteiger charge is -2.11. The van der Waals surface area contributed by atoms with E-state index in [1.54, 1.807) is 36.4 Å². The van der Waals surface area contributed by atoms with E-state index in [9.17, 15) is 28.8 Å². The highest BCUT2D eigenvalue weighted by Gasteiger charge is 2.22. The predicted molar refractivity (Wildman–Crippen MR) is 292 cm³/mol. The zero-order valence-electron chi connectivity index (χ0n) is 42.6. The standard InChI is InChI=1S/C60H81N3O6/c1-4-7-10-13-16-19-22-25-28-31-34-61-55(64)49-37-43-44(38-50(49)56(61)65)46-40-52-54(60(69)63(58(52)67)36-33-30-27-24-21-18-15-12-9-6-3)42-48(46)47-41-53-51(39-45(43)47)57(66)62(59(53)68)35-32-29-26-23-20-17-14-11-8-5-2/h37-42H,4-36H2,1-3H3. The third-order valence-corrected chi connectivity index (χ3v) is 15.4. The first kappa shape index (κ1) is 51.9. The molecule has 3 aromatic heterocycles. The molecule has 69 heavy (non-hydrogen) atoms. The Kier molecular flexibility index (Phi) is 19.4. The van der Waals surface area contributed by atoms with Gasteiger partial charge in [0.25, 0.3) is 33.4 Å². The molecule has 0 unspecified atom stereocenters. The average Bonchev–Trinajstić information content (AvgIpc) is 3.84. The highest BCUT2D eigenvalue weighted by Crippen LogP contribution is 2.39. The van der Waals surface area contributed by atoms with E-state index in [4.69, 9.17) is 0 Å². The third-order valence-electron chi connectivity index (χ3n) is 15.4. The largest absolute Gasteiger partial charge is 0.274 e. The van der Waals surface area contributed by atoms with E-state index in [1.165, 1.54) is 129 Å². The molecule has 0 atom stereocenters. The molecule has 0 N–H and O–H groups in total. The van der Waals surface area contributed by atoms with E-state index >= 15 is 0 Å². The van der Waals surface area contributed by atoms with Crippen LogP contribution in [0.1, 0.15) is 213 Å². The van der Waals surface area contributed by atoms with Crippen LogP contribution in [-0.2, 0) is 19.6 Å². The summed E-state index contributed by atoms with van der Waals surface area (Å²) >= 11 is 0. The van der Waals surface area contributed by atoms with Gasteiger partial charge in [0.2, 0.25) is 0 Å². The van der Waals surface area contributed by atoms with Gasteiger partial charge in [-0.1, -0.05) is 194 Å². The van der Waals surface area contributed by atoms with Crippen molar-refractivity contribution in [1.82, 2.24) is 13.7 Å². The average molecular weight is 940 g/mol. The Labute approximate surface area is 408 Å². The van der Waals surface area contributed by atoms with Crippen molar-refractivity contribution in [3.8, 4) is 0 Å². The molecule has 0 saturated carbocycles. The van der Waals surface area contributed by atoms with Crippen molar-refractivity contribution in [3.05, 3.63) is 98.5 Å². The number of unbranched alkanes of at least 4 members (excludes halogenated alkanes) is 27. The summed E-state index contributed by atoms with van der Waals surface area (Å²) < 4.78 is 4.11. The number of benzene rings is 4. The van der Waals surface area contributed by atoms with Crippen LogP contribution in [0.2, 0.25) is 0 Å². The minimum Gasteiger partial charge on any atom is -0.274 e. The molecule has 9 heteroatoms. The lowest BCUT2D eigenvalue weighted by atomic mass is 9.91. The number of hydrogen-bond acceptors (Lipinski definition) is 6. The van der Waals surface area contributed by atoms with Crippen LogP contribution in [0.4, 0.5) is 0 Å². The summed E-state index contributed by atoms with van der Waals surface area (Å²) in [6, 6.07) is 10.7. The molecular weight excluding hydrogens is 859 g/mol. The summed E-state index contributed by atoms with van der Waals surface area (Å²) in [5.41, 5.74) is -1.95. The normalized spacial score (nSPS) is 12.2. The van der Waals surface area contributed by atoms with Crippen LogP contribution >= 0.6 is 0 Å². The predicted octanol–water partition coefficient (Wildman–Crippen LogP) is 14.2. The molecule has 0 aliphatic heterocycles. The van der Waals surface area contributed by atoms with Crippen molar-refractivity contribution in [2.75, 3.05) is 0 Å². The second-order valence-electron chi connectivity index (χ2n) is 20.7. The lowest BCUT2D eigenvalue weighted by molar-refractivity contribution is 0.529. The topological polar surface area (TPSA) is 117 Å². The van der Waals surface area contributed by atoms with Crippen molar-refractivity contribution in [2.45, 2.75) is 233 Å². The highest BCUT2D eigenvalue weighted by molar-refractivity contribution is 6.30. The Hall–Kier alpha value is -4.92. The minimum absolute atomic E-state index is 0.320. The monoisotopic (exact) mass is 940 g/mol. The molecule has 0 fully saturated rings. The van der Waals surface area contributed by atoms with Crippen LogP contribution in [-0.4, -0.2) is 13.7 Å². The molecule has 3 heterocycles. The molecule has 4 aromatic carbocycles. The molecule has 0 aliphatic carbocycles. The van der Waals surface area contributed by atoms with E-state index in [0.29, 0.717) is 84.3 Å². The summed E-state index contributed by atoms with van der Waals surface area (Å²) in [6.45, 7) is 7.73. The summed E-state index contributed by atoms with van der Waals surface area (Å²) in [6.07, 6.45) is 34.5. The minimum atomic E-state index is -0.325. The SMILES string of the molecule is CCCCCCCCCCCCn1c(=O)c2cc3c4cc5c(=O)n(CCCCCCCCCCCC)c(=O)c5cc4c4cc5c(=O)n(CCCCCCCCCCCC)c(=O)c5cc4c3cc2c1=O. The quantitative estimate of drug-likeness (QED) is 0.0299. The fourth-order valence-corrected chi connectivity index (χ4v) is 11.2. The Morgan fingerprint density at radius 3 is 0.522 bits per heavy atom. The highest BCUT2D eigenvalue weighted by atomic mass is 16.2. The first-order valence-electron chi connectivity index (χ1n) is 27.9. The Balaban J connectivity index is 1.21. The summed E-state index contributed by atoms with van der Waals surface area (Å²) in [4.78, 5) is 84.6. The van der Waals surface area contributed by atoms with E-state index in [2.05, 4.69) is 20.8 Å². The molecule has 0 bridgehead atoms. The van der Waals surface area contributed by atoms with Gasteiger partial charge in [-0.3, -0.25) is 42.5 Å². The maximum absolute atomic E-state index is 14.1. The van der Waals surface area contributed by atoms with E-state index in [0.717, 1.165) is 77.0 Å². The summed E-state index contributed by atoms with van der Waals surface area (Å²) in [7, 11) is 0. The second-order valence-corrected chi connectivity index (χ2v) is 20.7. The van der Waals surface area contributed by atoms with Gasteiger partial charge in [0.15, 0.2) is 0 Å². The number of fused-ring (bicyclic) bond motifs is 9. The van der Waals surface area contributed by atoms with Crippen LogP contribution in [0.25, 0.3) is 64.6 Å². The van der Waals surface area contributed by atoms with Gasteiger partial charge in [-0.2, -0.15) is 0 Å². The van der Waals surface area contributed by atoms with Crippen molar-refractivity contribution < 1.29 is 0 Å². The van der Waals surface area contributed by atoms with Gasteiger partial charge in [-0.15, -0.1) is 0 Å². The molecule has 9 nitrogen and oxygen atoms in total. The zero-order valence-corrected chi connectivity index (χ0v) is 42.6. The molecular formula is C60H81N3O6. The maximum atomic E-state index is 14.1. The first-order valence-corrected chi connectivity index (χ1v) is 27.9. The first-order chi connectivity index (χ1) is 33.7. The number of aromatic nitrogens is 3. The maximum Gasteiger partial charge on any atom is 0.261 e. The van der Waals surface area contributed by atoms with Crippen molar-refractivity contribution in [1.29, 1.82) is 0 Å². The third kappa shape index (κ3) is 12.2. The van der Waals surface area contributed by atoms with Crippen molar-refractivity contribution >= 4 is 64.6 Å². The Bertz CT molecular complexity index is 2600. The van der Waals surface area contributed by atoms with Gasteiger partial charge in [0, 0.05) is 19.6 Å². The molecule has 7 aromatic rings. The molecule has 0 saturated heterocycles. The lowest BCUT2D eigenvalue weighted by Crippen LogP contribution is -2.25. The van der Waals surface area contributed by atoms with Gasteiger partial charge < -0.3 is 0 Å². The van der Waals surface area contributed by atoms with Gasteiger partial charge in [0.05, 0.1) is 32.3 Å². The smallest absolute Gasteiger partial charge is 0.261 e. The fourth-order valence-electron chi connectivity index (χ4n) is 11.2. The molecule has 0 spiro atoms. The summed E-state index contributed by atoms with van der Waals surface area (Å²) in [5, 5.41) is 5.88. The number of hydrogen-bond donors (Lipinski definition) is 0. The molecule has 372 valence electrons. The number of rotatable bonds is 33. The van der Waals surface area contributed by atoms with Crippen molar-refractivity contribution in [2.24, 2.45) is 0 Å². The molecule has 0 radical (unpaired) electrons. The van der Waals surface area contributed by atoms with Gasteiger partial charge in [-0.05, 0) is 88.0 Å². The van der Waals surface area contributed by atoms with E-state index < -0.39 is 0 Å². The fraction of sp³-hybridized carbons (Fsp3) is 0.600. The van der Waals surface area contributed by atoms with E-state index in [1.807, 2.05) is 0 Å². The van der Waals surface area contributed by atoms with E-state index in [-0.39, 0.29) is 33.4 Å². The Morgan fingerprint density at radius 1 is 0.217 bits per heavy atom. The molecule has 0 aliphatic rings. The summed E-state index contributed by atoms with van der Waals surface area (Å²) in [5.74, 6) is 0. The second kappa shape index (κ2) is 25.8. The molecule has 0 amide bonds. The Morgan fingerprint density at radius 2 is 0.362 bits per heavy atom. The van der Waals surface area contributed by atoms with Crippen LogP contribution < -0.4 is 33.4 Å². The van der Waals surface area contributed by atoms with Gasteiger partial charge in [0.1, 0.15) is 0 Å². The van der Waals surface area contributed by atoms with Crippen molar-refractivity contribution in [3.63, 3.8) is 0 Å². The van der Waals surface area contributed by atoms with Crippen LogP contribution in [0, 0.1) is 0 Å². The van der Waals surface area contributed by atoms with Crippen LogP contribution in [0.5, 0.6) is 0 Å². The van der Waals surface area contributed by atoms with Crippen LogP contribution in [0.15, 0.2) is 65.2 Å². The van der Waals surface area contributed by atoms with Gasteiger partial charge in [-0.25, -0.2) is 0 Å².